The molecule has 1 aromatic carbocycles. The zero-order valence-electron chi connectivity index (χ0n) is 13.1. The van der Waals surface area contributed by atoms with Crippen molar-refractivity contribution in [3.8, 4) is 0 Å². The lowest BCUT2D eigenvalue weighted by molar-refractivity contribution is -0.137. The average Bonchev–Trinajstić information content (AvgIpc) is 3.11. The fourth-order valence-electron chi connectivity index (χ4n) is 1.80. The molecule has 0 saturated heterocycles. The van der Waals surface area contributed by atoms with Crippen LogP contribution < -0.4 is 10.6 Å². The van der Waals surface area contributed by atoms with E-state index in [4.69, 9.17) is 4.42 Å². The summed E-state index contributed by atoms with van der Waals surface area (Å²) in [5.41, 5.74) is -1.08. The number of amides is 3. The van der Waals surface area contributed by atoms with Gasteiger partial charge in [-0.1, -0.05) is 0 Å². The maximum absolute atomic E-state index is 12.4. The van der Waals surface area contributed by atoms with Gasteiger partial charge in [0.1, 0.15) is 5.76 Å². The van der Waals surface area contributed by atoms with Gasteiger partial charge in [0.2, 0.25) is 0 Å². The average molecular weight is 370 g/mol. The molecule has 2 rings (SSSR count). The largest absolute Gasteiger partial charge is 0.467 e. The van der Waals surface area contributed by atoms with Gasteiger partial charge in [-0.2, -0.15) is 13.2 Å². The minimum absolute atomic E-state index is 0.0530. The highest BCUT2D eigenvalue weighted by atomic mass is 19.4. The van der Waals surface area contributed by atoms with E-state index in [0.29, 0.717) is 5.76 Å². The van der Waals surface area contributed by atoms with Gasteiger partial charge in [0, 0.05) is 0 Å². The molecule has 0 unspecified atom stereocenters. The normalized spacial score (nSPS) is 10.9. The second kappa shape index (κ2) is 8.19. The lowest BCUT2D eigenvalue weighted by atomic mass is 10.1. The topological polar surface area (TPSA) is 97.6 Å². The van der Waals surface area contributed by atoms with Crippen LogP contribution >= 0.6 is 0 Å². The monoisotopic (exact) mass is 370 g/mol. The van der Waals surface area contributed by atoms with Crippen molar-refractivity contribution in [2.45, 2.75) is 12.7 Å². The first-order chi connectivity index (χ1) is 12.3. The Hall–Kier alpha value is -3.30. The van der Waals surface area contributed by atoms with Crippen molar-refractivity contribution in [1.29, 1.82) is 0 Å². The Balaban J connectivity index is 1.75. The first kappa shape index (κ1) is 19.0. The number of benzene rings is 1. The molecule has 7 nitrogen and oxygen atoms in total. The summed E-state index contributed by atoms with van der Waals surface area (Å²) in [5, 5.41) is 4.27. The Morgan fingerprint density at radius 3 is 2.35 bits per heavy atom. The smallest absolute Gasteiger partial charge is 0.416 e. The number of nitrogens with one attached hydrogen (secondary N) is 2. The van der Waals surface area contributed by atoms with Gasteiger partial charge in [0.15, 0.2) is 6.61 Å². The maximum Gasteiger partial charge on any atom is 0.416 e. The van der Waals surface area contributed by atoms with Gasteiger partial charge in [-0.3, -0.25) is 10.1 Å². The summed E-state index contributed by atoms with van der Waals surface area (Å²) in [6, 6.07) is 5.72. The van der Waals surface area contributed by atoms with Crippen LogP contribution in [0.4, 0.5) is 18.0 Å². The highest BCUT2D eigenvalue weighted by Crippen LogP contribution is 2.29. The summed E-state index contributed by atoms with van der Waals surface area (Å²) in [6.07, 6.45) is -3.11. The maximum atomic E-state index is 12.4. The molecule has 1 aromatic heterocycles. The molecule has 0 aliphatic carbocycles. The molecule has 1 heterocycles. The Labute approximate surface area is 145 Å². The van der Waals surface area contributed by atoms with Gasteiger partial charge in [-0.25, -0.2) is 9.59 Å². The van der Waals surface area contributed by atoms with E-state index in [-0.39, 0.29) is 12.1 Å². The van der Waals surface area contributed by atoms with Crippen LogP contribution in [-0.4, -0.2) is 24.5 Å². The van der Waals surface area contributed by atoms with Gasteiger partial charge in [0.25, 0.3) is 5.91 Å². The van der Waals surface area contributed by atoms with Crippen molar-refractivity contribution in [2.75, 3.05) is 6.61 Å². The number of furan rings is 1. The SMILES string of the molecule is O=C(COC(=O)c1ccc(C(F)(F)F)cc1)NC(=O)NCc1ccco1. The van der Waals surface area contributed by atoms with Crippen molar-refractivity contribution in [3.63, 3.8) is 0 Å². The van der Waals surface area contributed by atoms with Gasteiger partial charge >= 0.3 is 18.2 Å². The number of ether oxygens (including phenoxy) is 1. The lowest BCUT2D eigenvalue weighted by Crippen LogP contribution is -2.41. The Morgan fingerprint density at radius 2 is 1.77 bits per heavy atom. The summed E-state index contributed by atoms with van der Waals surface area (Å²) in [4.78, 5) is 34.7. The van der Waals surface area contributed by atoms with Crippen LogP contribution in [0.2, 0.25) is 0 Å². The number of rotatable bonds is 5. The van der Waals surface area contributed by atoms with E-state index >= 15 is 0 Å². The molecule has 0 spiro atoms. The molecular formula is C16H13F3N2O5. The molecule has 2 N–H and O–H groups in total. The zero-order chi connectivity index (χ0) is 19.2. The van der Waals surface area contributed by atoms with Crippen LogP contribution in [0, 0.1) is 0 Å². The standard InChI is InChI=1S/C16H13F3N2O5/c17-16(18,19)11-5-3-10(4-6-11)14(23)26-9-13(22)21-15(24)20-8-12-2-1-7-25-12/h1-7H,8-9H2,(H2,20,21,22,24). The van der Waals surface area contributed by atoms with Crippen LogP contribution in [0.15, 0.2) is 47.1 Å². The Morgan fingerprint density at radius 1 is 1.08 bits per heavy atom. The van der Waals surface area contributed by atoms with Crippen LogP contribution in [0.3, 0.4) is 0 Å². The third kappa shape index (κ3) is 5.65. The number of halogens is 3. The van der Waals surface area contributed by atoms with E-state index in [0.717, 1.165) is 24.3 Å². The number of hydrogen-bond donors (Lipinski definition) is 2. The molecule has 0 radical (unpaired) electrons. The van der Waals surface area contributed by atoms with E-state index in [1.165, 1.54) is 6.26 Å². The summed E-state index contributed by atoms with van der Waals surface area (Å²) in [5.74, 6) is -1.42. The van der Waals surface area contributed by atoms with Crippen LogP contribution in [-0.2, 0) is 22.3 Å². The number of imide groups is 1. The molecule has 10 heteroatoms. The quantitative estimate of drug-likeness (QED) is 0.788. The van der Waals surface area contributed by atoms with E-state index in [9.17, 15) is 27.6 Å². The molecule has 2 aromatic rings. The summed E-state index contributed by atoms with van der Waals surface area (Å²) >= 11 is 0. The first-order valence-electron chi connectivity index (χ1n) is 7.20. The number of carbonyl (C=O) groups excluding carboxylic acids is 3. The molecule has 0 aliphatic rings. The van der Waals surface area contributed by atoms with E-state index in [1.807, 2.05) is 5.32 Å². The van der Waals surface area contributed by atoms with Crippen molar-refractivity contribution in [3.05, 3.63) is 59.5 Å². The summed E-state index contributed by atoms with van der Waals surface area (Å²) < 4.78 is 46.9. The van der Waals surface area contributed by atoms with Gasteiger partial charge in [-0.05, 0) is 36.4 Å². The Kier molecular flexibility index (Phi) is 5.99. The van der Waals surface area contributed by atoms with Crippen molar-refractivity contribution < 1.29 is 36.7 Å². The molecular weight excluding hydrogens is 357 g/mol. The number of alkyl halides is 3. The van der Waals surface area contributed by atoms with Gasteiger partial charge in [0.05, 0.1) is 23.9 Å². The van der Waals surface area contributed by atoms with Crippen molar-refractivity contribution in [2.24, 2.45) is 0 Å². The number of carbonyl (C=O) groups is 3. The molecule has 0 saturated carbocycles. The minimum Gasteiger partial charge on any atom is -0.467 e. The van der Waals surface area contributed by atoms with Crippen LogP contribution in [0.5, 0.6) is 0 Å². The summed E-state index contributed by atoms with van der Waals surface area (Å²) in [6.45, 7) is -0.717. The van der Waals surface area contributed by atoms with Crippen LogP contribution in [0.1, 0.15) is 21.7 Å². The molecule has 26 heavy (non-hydrogen) atoms. The van der Waals surface area contributed by atoms with E-state index in [2.05, 4.69) is 10.1 Å². The predicted molar refractivity (Wildman–Crippen MR) is 80.8 cm³/mol. The lowest BCUT2D eigenvalue weighted by Gasteiger charge is -2.08. The minimum atomic E-state index is -4.52. The van der Waals surface area contributed by atoms with E-state index in [1.54, 1.807) is 12.1 Å². The zero-order valence-corrected chi connectivity index (χ0v) is 13.1. The van der Waals surface area contributed by atoms with Crippen molar-refractivity contribution >= 4 is 17.9 Å². The fourth-order valence-corrected chi connectivity index (χ4v) is 1.80. The summed E-state index contributed by atoms with van der Waals surface area (Å²) in [7, 11) is 0. The molecule has 0 fully saturated rings. The van der Waals surface area contributed by atoms with Gasteiger partial charge < -0.3 is 14.5 Å². The molecule has 0 bridgehead atoms. The van der Waals surface area contributed by atoms with Crippen molar-refractivity contribution in [1.82, 2.24) is 10.6 Å². The highest BCUT2D eigenvalue weighted by molar-refractivity contribution is 5.96. The molecule has 0 aliphatic heterocycles. The highest BCUT2D eigenvalue weighted by Gasteiger charge is 2.30. The third-order valence-electron chi connectivity index (χ3n) is 3.04. The second-order valence-corrected chi connectivity index (χ2v) is 4.96. The molecule has 0 atom stereocenters. The van der Waals surface area contributed by atoms with E-state index < -0.39 is 36.3 Å². The van der Waals surface area contributed by atoms with Gasteiger partial charge in [-0.15, -0.1) is 0 Å². The Bertz CT molecular complexity index is 770. The third-order valence-corrected chi connectivity index (χ3v) is 3.04. The number of urea groups is 1. The molecule has 138 valence electrons. The predicted octanol–water partition coefficient (Wildman–Crippen LogP) is 2.48. The first-order valence-corrected chi connectivity index (χ1v) is 7.20. The second-order valence-electron chi connectivity index (χ2n) is 4.96. The van der Waals surface area contributed by atoms with Crippen LogP contribution in [0.25, 0.3) is 0 Å². The fraction of sp³-hybridized carbons (Fsp3) is 0.188. The number of esters is 1. The molecule has 3 amide bonds. The number of hydrogen-bond acceptors (Lipinski definition) is 5.